The Morgan fingerprint density at radius 1 is 1.20 bits per heavy atom. The van der Waals surface area contributed by atoms with Gasteiger partial charge in [0.1, 0.15) is 11.6 Å². The summed E-state index contributed by atoms with van der Waals surface area (Å²) in [5, 5.41) is 0. The number of hydrogen-bond acceptors (Lipinski definition) is 6. The second-order valence-corrected chi connectivity index (χ2v) is 5.60. The number of anilines is 1. The third kappa shape index (κ3) is 3.49. The Morgan fingerprint density at radius 2 is 1.90 bits per heavy atom. The van der Waals surface area contributed by atoms with Crippen molar-refractivity contribution in [3.63, 3.8) is 0 Å². The molecule has 106 valence electrons. The first-order valence-electron chi connectivity index (χ1n) is 5.94. The lowest BCUT2D eigenvalue weighted by atomic mass is 10.1. The summed E-state index contributed by atoms with van der Waals surface area (Å²) in [6, 6.07) is 5.96. The van der Waals surface area contributed by atoms with Crippen LogP contribution in [0.2, 0.25) is 0 Å². The van der Waals surface area contributed by atoms with Gasteiger partial charge in [-0.05, 0) is 17.7 Å². The lowest BCUT2D eigenvalue weighted by molar-refractivity contribution is 0.483. The molecule has 0 saturated carbocycles. The van der Waals surface area contributed by atoms with Crippen LogP contribution in [0.3, 0.4) is 0 Å². The van der Waals surface area contributed by atoms with Gasteiger partial charge in [-0.2, -0.15) is 18.4 Å². The first-order valence-corrected chi connectivity index (χ1v) is 7.38. The van der Waals surface area contributed by atoms with Gasteiger partial charge in [0.05, 0.1) is 4.90 Å². The third-order valence-electron chi connectivity index (χ3n) is 2.62. The zero-order chi connectivity index (χ0) is 14.8. The quantitative estimate of drug-likeness (QED) is 0.802. The summed E-state index contributed by atoms with van der Waals surface area (Å²) in [5.74, 6) is 1.18. The topological polar surface area (TPSA) is 119 Å². The van der Waals surface area contributed by atoms with Crippen LogP contribution in [0.15, 0.2) is 29.2 Å². The highest BCUT2D eigenvalue weighted by molar-refractivity contribution is 7.85. The number of nitrogens with zero attached hydrogens (tertiary/aromatic N) is 3. The molecule has 0 amide bonds. The molecule has 0 saturated heterocycles. The van der Waals surface area contributed by atoms with E-state index in [0.29, 0.717) is 30.1 Å². The van der Waals surface area contributed by atoms with Gasteiger partial charge < -0.3 is 5.73 Å². The van der Waals surface area contributed by atoms with E-state index in [4.69, 9.17) is 10.3 Å². The van der Waals surface area contributed by atoms with E-state index in [-0.39, 0.29) is 10.8 Å². The summed E-state index contributed by atoms with van der Waals surface area (Å²) >= 11 is 0. The minimum absolute atomic E-state index is 0.137. The molecule has 0 aliphatic rings. The van der Waals surface area contributed by atoms with Crippen molar-refractivity contribution in [2.45, 2.75) is 24.7 Å². The summed E-state index contributed by atoms with van der Waals surface area (Å²) in [4.78, 5) is 12.0. The molecule has 0 atom stereocenters. The molecule has 0 radical (unpaired) electrons. The van der Waals surface area contributed by atoms with Gasteiger partial charge in [-0.3, -0.25) is 4.55 Å². The summed E-state index contributed by atoms with van der Waals surface area (Å²) in [7, 11) is -4.22. The van der Waals surface area contributed by atoms with Crippen LogP contribution in [0, 0.1) is 0 Å². The van der Waals surface area contributed by atoms with Crippen LogP contribution in [-0.4, -0.2) is 27.9 Å². The Bertz CT molecular complexity index is 731. The van der Waals surface area contributed by atoms with Crippen molar-refractivity contribution in [3.8, 4) is 0 Å². The fraction of sp³-hybridized carbons (Fsp3) is 0.250. The summed E-state index contributed by atoms with van der Waals surface area (Å²) in [6.45, 7) is 1.90. The smallest absolute Gasteiger partial charge is 0.294 e. The molecule has 2 aromatic rings. The lowest BCUT2D eigenvalue weighted by Gasteiger charge is -2.05. The molecular formula is C12H14N4O3S. The van der Waals surface area contributed by atoms with Crippen LogP contribution in [-0.2, 0) is 23.0 Å². The van der Waals surface area contributed by atoms with Gasteiger partial charge in [0.25, 0.3) is 10.1 Å². The molecular weight excluding hydrogens is 280 g/mol. The maximum absolute atomic E-state index is 11.1. The highest BCUT2D eigenvalue weighted by Gasteiger charge is 2.11. The van der Waals surface area contributed by atoms with E-state index in [2.05, 4.69) is 15.0 Å². The Hall–Kier alpha value is -2.06. The fourth-order valence-corrected chi connectivity index (χ4v) is 2.27. The van der Waals surface area contributed by atoms with E-state index in [0.717, 1.165) is 0 Å². The minimum Gasteiger partial charge on any atom is -0.368 e. The second kappa shape index (κ2) is 5.51. The zero-order valence-electron chi connectivity index (χ0n) is 10.8. The largest absolute Gasteiger partial charge is 0.368 e. The van der Waals surface area contributed by atoms with Gasteiger partial charge in [-0.15, -0.1) is 0 Å². The monoisotopic (exact) mass is 294 g/mol. The number of benzene rings is 1. The van der Waals surface area contributed by atoms with Crippen molar-refractivity contribution < 1.29 is 13.0 Å². The van der Waals surface area contributed by atoms with E-state index in [9.17, 15) is 8.42 Å². The Labute approximate surface area is 116 Å². The molecule has 7 nitrogen and oxygen atoms in total. The van der Waals surface area contributed by atoms with Crippen LogP contribution < -0.4 is 5.73 Å². The van der Waals surface area contributed by atoms with Crippen LogP contribution >= 0.6 is 0 Å². The molecule has 0 fully saturated rings. The Morgan fingerprint density at radius 3 is 2.55 bits per heavy atom. The SMILES string of the molecule is CCc1nc(N)nc(Cc2cccc(S(=O)(=O)O)c2)n1. The van der Waals surface area contributed by atoms with Crippen molar-refractivity contribution in [2.75, 3.05) is 5.73 Å². The predicted octanol–water partition coefficient (Wildman–Crippen LogP) is 0.854. The third-order valence-corrected chi connectivity index (χ3v) is 3.47. The fourth-order valence-electron chi connectivity index (χ4n) is 1.72. The molecule has 1 heterocycles. The van der Waals surface area contributed by atoms with Crippen LogP contribution in [0.4, 0.5) is 5.95 Å². The average Bonchev–Trinajstić information content (AvgIpc) is 2.37. The van der Waals surface area contributed by atoms with Gasteiger partial charge in [-0.1, -0.05) is 19.1 Å². The molecule has 1 aromatic carbocycles. The number of nitrogen functional groups attached to an aromatic ring is 1. The van der Waals surface area contributed by atoms with E-state index < -0.39 is 10.1 Å². The molecule has 0 unspecified atom stereocenters. The number of nitrogens with two attached hydrogens (primary N) is 1. The highest BCUT2D eigenvalue weighted by atomic mass is 32.2. The summed E-state index contributed by atoms with van der Waals surface area (Å²) in [5.41, 5.74) is 6.25. The molecule has 0 bridgehead atoms. The Balaban J connectivity index is 2.33. The normalized spacial score (nSPS) is 11.5. The molecule has 3 N–H and O–H groups in total. The van der Waals surface area contributed by atoms with Crippen molar-refractivity contribution in [1.82, 2.24) is 15.0 Å². The molecule has 0 aliphatic heterocycles. The van der Waals surface area contributed by atoms with Crippen molar-refractivity contribution in [1.29, 1.82) is 0 Å². The average molecular weight is 294 g/mol. The zero-order valence-corrected chi connectivity index (χ0v) is 11.6. The second-order valence-electron chi connectivity index (χ2n) is 4.18. The van der Waals surface area contributed by atoms with Crippen molar-refractivity contribution in [2.24, 2.45) is 0 Å². The van der Waals surface area contributed by atoms with E-state index in [1.54, 1.807) is 12.1 Å². The van der Waals surface area contributed by atoms with Crippen LogP contribution in [0.1, 0.15) is 24.1 Å². The standard InChI is InChI=1S/C12H14N4O3S/c1-2-10-14-11(16-12(13)15-10)7-8-4-3-5-9(6-8)20(17,18)19/h3-6H,2,7H2,1H3,(H,17,18,19)(H2,13,14,15,16). The number of aryl methyl sites for hydroxylation is 1. The Kier molecular flexibility index (Phi) is 3.96. The van der Waals surface area contributed by atoms with E-state index in [1.807, 2.05) is 6.92 Å². The van der Waals surface area contributed by atoms with Gasteiger partial charge in [0.15, 0.2) is 0 Å². The number of rotatable bonds is 4. The molecule has 0 spiro atoms. The van der Waals surface area contributed by atoms with Gasteiger partial charge >= 0.3 is 0 Å². The maximum Gasteiger partial charge on any atom is 0.294 e. The molecule has 20 heavy (non-hydrogen) atoms. The highest BCUT2D eigenvalue weighted by Crippen LogP contribution is 2.13. The predicted molar refractivity (Wildman–Crippen MR) is 72.7 cm³/mol. The minimum atomic E-state index is -4.22. The summed E-state index contributed by atoms with van der Waals surface area (Å²) in [6.07, 6.45) is 0.938. The molecule has 8 heteroatoms. The van der Waals surface area contributed by atoms with Gasteiger partial charge in [0, 0.05) is 12.8 Å². The molecule has 1 aromatic heterocycles. The van der Waals surface area contributed by atoms with Crippen LogP contribution in [0.25, 0.3) is 0 Å². The van der Waals surface area contributed by atoms with Gasteiger partial charge in [0.2, 0.25) is 5.95 Å². The maximum atomic E-state index is 11.1. The van der Waals surface area contributed by atoms with Crippen molar-refractivity contribution in [3.05, 3.63) is 41.5 Å². The number of aromatic nitrogens is 3. The summed E-state index contributed by atoms with van der Waals surface area (Å²) < 4.78 is 31.2. The number of hydrogen-bond donors (Lipinski definition) is 2. The van der Waals surface area contributed by atoms with Crippen molar-refractivity contribution >= 4 is 16.1 Å². The first kappa shape index (κ1) is 14.4. The molecule has 2 rings (SSSR count). The van der Waals surface area contributed by atoms with E-state index in [1.165, 1.54) is 12.1 Å². The van der Waals surface area contributed by atoms with Gasteiger partial charge in [-0.25, -0.2) is 4.98 Å². The van der Waals surface area contributed by atoms with E-state index >= 15 is 0 Å². The van der Waals surface area contributed by atoms with Crippen LogP contribution in [0.5, 0.6) is 0 Å². The first-order chi connectivity index (χ1) is 9.38. The lowest BCUT2D eigenvalue weighted by Crippen LogP contribution is -2.07. The molecule has 0 aliphatic carbocycles.